The number of rotatable bonds is 2. The van der Waals surface area contributed by atoms with E-state index in [4.69, 9.17) is 0 Å². The van der Waals surface area contributed by atoms with Crippen molar-refractivity contribution in [1.29, 1.82) is 0 Å². The molecule has 0 aliphatic carbocycles. The minimum Gasteiger partial charge on any atom is -0.335 e. The molecule has 3 nitrogen and oxygen atoms in total. The summed E-state index contributed by atoms with van der Waals surface area (Å²) in [7, 11) is 0. The number of benzene rings is 2. The van der Waals surface area contributed by atoms with Crippen LogP contribution >= 0.6 is 15.9 Å². The second-order valence-electron chi connectivity index (χ2n) is 7.43. The highest BCUT2D eigenvalue weighted by Gasteiger charge is 2.59. The molecular formula is C21H21BrN2O. The zero-order valence-electron chi connectivity index (χ0n) is 14.6. The zero-order valence-corrected chi connectivity index (χ0v) is 16.2. The largest absolute Gasteiger partial charge is 0.335 e. The van der Waals surface area contributed by atoms with E-state index in [1.807, 2.05) is 12.1 Å². The highest BCUT2D eigenvalue weighted by molar-refractivity contribution is 9.10. The molecule has 4 rings (SSSR count). The number of halogens is 1. The topological polar surface area (TPSA) is 32.3 Å². The van der Waals surface area contributed by atoms with Gasteiger partial charge in [0.05, 0.1) is 6.54 Å². The van der Waals surface area contributed by atoms with Crippen molar-refractivity contribution in [3.05, 3.63) is 69.7 Å². The third-order valence-corrected chi connectivity index (χ3v) is 5.99. The maximum Gasteiger partial charge on any atom is 0.241 e. The van der Waals surface area contributed by atoms with Crippen LogP contribution in [0, 0.1) is 6.92 Å². The minimum absolute atomic E-state index is 0.0678. The predicted octanol–water partition coefficient (Wildman–Crippen LogP) is 4.39. The van der Waals surface area contributed by atoms with E-state index in [0.717, 1.165) is 15.7 Å². The highest BCUT2D eigenvalue weighted by Crippen LogP contribution is 2.53. The molecule has 0 spiro atoms. The lowest BCUT2D eigenvalue weighted by atomic mass is 9.75. The number of nitrogens with one attached hydrogen (secondary N) is 1. The maximum absolute atomic E-state index is 12.3. The molecule has 2 heterocycles. The van der Waals surface area contributed by atoms with Crippen molar-refractivity contribution in [3.63, 3.8) is 0 Å². The normalized spacial score (nSPS) is 23.7. The van der Waals surface area contributed by atoms with Crippen molar-refractivity contribution in [1.82, 2.24) is 5.32 Å². The summed E-state index contributed by atoms with van der Waals surface area (Å²) in [5.74, 6) is 0.0678. The first kappa shape index (κ1) is 16.4. The lowest BCUT2D eigenvalue weighted by molar-refractivity contribution is -0.118. The van der Waals surface area contributed by atoms with E-state index < -0.39 is 5.66 Å². The van der Waals surface area contributed by atoms with E-state index in [-0.39, 0.29) is 11.3 Å². The fraction of sp³-hybridized carbons (Fsp3) is 0.286. The highest BCUT2D eigenvalue weighted by atomic mass is 79.9. The number of carbonyl (C=O) groups excluding carboxylic acids is 1. The van der Waals surface area contributed by atoms with Crippen LogP contribution in [0.5, 0.6) is 0 Å². The molecule has 1 saturated heterocycles. The fourth-order valence-electron chi connectivity index (χ4n) is 4.11. The second-order valence-corrected chi connectivity index (χ2v) is 8.35. The Morgan fingerprint density at radius 1 is 1.20 bits per heavy atom. The Balaban J connectivity index is 1.85. The average Bonchev–Trinajstić information content (AvgIpc) is 2.98. The van der Waals surface area contributed by atoms with Gasteiger partial charge in [0.15, 0.2) is 0 Å². The Bertz CT molecular complexity index is 903. The summed E-state index contributed by atoms with van der Waals surface area (Å²) in [5, 5.41) is 3.26. The molecule has 2 aromatic carbocycles. The van der Waals surface area contributed by atoms with Gasteiger partial charge in [-0.25, -0.2) is 0 Å². The van der Waals surface area contributed by atoms with Gasteiger partial charge in [0, 0.05) is 15.6 Å². The second kappa shape index (κ2) is 5.46. The van der Waals surface area contributed by atoms with E-state index in [1.54, 1.807) is 0 Å². The van der Waals surface area contributed by atoms with Crippen LogP contribution in [0.2, 0.25) is 0 Å². The van der Waals surface area contributed by atoms with Gasteiger partial charge in [0.2, 0.25) is 5.91 Å². The van der Waals surface area contributed by atoms with Crippen molar-refractivity contribution in [2.45, 2.75) is 31.8 Å². The van der Waals surface area contributed by atoms with Gasteiger partial charge in [0.25, 0.3) is 0 Å². The summed E-state index contributed by atoms with van der Waals surface area (Å²) < 4.78 is 1.05. The average molecular weight is 397 g/mol. The fourth-order valence-corrected chi connectivity index (χ4v) is 4.53. The lowest BCUT2D eigenvalue weighted by Gasteiger charge is -2.40. The molecule has 2 aliphatic rings. The van der Waals surface area contributed by atoms with Crippen LogP contribution in [-0.4, -0.2) is 18.1 Å². The van der Waals surface area contributed by atoms with Crippen LogP contribution in [0.1, 0.15) is 30.5 Å². The quantitative estimate of drug-likeness (QED) is 0.815. The SMILES string of the molecule is Cc1ccc2c(c1)C(C)(C)[C@@]1(C=Cc3cccc(Br)c3)NC(=O)CN21. The lowest BCUT2D eigenvalue weighted by Crippen LogP contribution is -2.58. The first-order valence-electron chi connectivity index (χ1n) is 8.48. The maximum atomic E-state index is 12.3. The number of aryl methyl sites for hydroxylation is 1. The molecule has 1 fully saturated rings. The van der Waals surface area contributed by atoms with Gasteiger partial charge in [-0.3, -0.25) is 4.79 Å². The van der Waals surface area contributed by atoms with Crippen molar-refractivity contribution >= 4 is 33.6 Å². The Labute approximate surface area is 156 Å². The summed E-state index contributed by atoms with van der Waals surface area (Å²) in [6.07, 6.45) is 4.25. The van der Waals surface area contributed by atoms with Crippen LogP contribution in [0.4, 0.5) is 5.69 Å². The molecular weight excluding hydrogens is 376 g/mol. The summed E-state index contributed by atoms with van der Waals surface area (Å²) >= 11 is 3.52. The van der Waals surface area contributed by atoms with Gasteiger partial charge >= 0.3 is 0 Å². The first-order chi connectivity index (χ1) is 11.8. The van der Waals surface area contributed by atoms with E-state index in [0.29, 0.717) is 6.54 Å². The number of amides is 1. The Kier molecular flexibility index (Phi) is 3.58. The molecule has 2 aliphatic heterocycles. The first-order valence-corrected chi connectivity index (χ1v) is 9.27. The number of hydrogen-bond acceptors (Lipinski definition) is 2. The van der Waals surface area contributed by atoms with Crippen LogP contribution in [0.3, 0.4) is 0 Å². The van der Waals surface area contributed by atoms with E-state index in [9.17, 15) is 4.79 Å². The predicted molar refractivity (Wildman–Crippen MR) is 106 cm³/mol. The smallest absolute Gasteiger partial charge is 0.241 e. The van der Waals surface area contributed by atoms with Gasteiger partial charge in [-0.2, -0.15) is 0 Å². The number of nitrogens with zero attached hydrogens (tertiary/aromatic N) is 1. The van der Waals surface area contributed by atoms with Gasteiger partial charge in [-0.15, -0.1) is 0 Å². The molecule has 128 valence electrons. The van der Waals surface area contributed by atoms with Crippen LogP contribution in [0.15, 0.2) is 53.0 Å². The third-order valence-electron chi connectivity index (χ3n) is 5.49. The van der Waals surface area contributed by atoms with Crippen LogP contribution < -0.4 is 10.2 Å². The number of carbonyl (C=O) groups is 1. The molecule has 0 bridgehead atoms. The molecule has 1 atom stereocenters. The van der Waals surface area contributed by atoms with Gasteiger partial charge in [-0.1, -0.05) is 65.7 Å². The third kappa shape index (κ3) is 2.35. The number of anilines is 1. The molecule has 1 amide bonds. The van der Waals surface area contributed by atoms with E-state index in [1.165, 1.54) is 11.1 Å². The zero-order chi connectivity index (χ0) is 17.8. The minimum atomic E-state index is -0.539. The van der Waals surface area contributed by atoms with Crippen LogP contribution in [-0.2, 0) is 10.2 Å². The summed E-state index contributed by atoms with van der Waals surface area (Å²) in [6, 6.07) is 14.7. The Morgan fingerprint density at radius 2 is 2.00 bits per heavy atom. The molecule has 25 heavy (non-hydrogen) atoms. The molecule has 4 heteroatoms. The van der Waals surface area contributed by atoms with Crippen LogP contribution in [0.25, 0.3) is 6.08 Å². The van der Waals surface area contributed by atoms with Crippen molar-refractivity contribution in [3.8, 4) is 0 Å². The van der Waals surface area contributed by atoms with Gasteiger partial charge < -0.3 is 10.2 Å². The van der Waals surface area contributed by atoms with Crippen molar-refractivity contribution < 1.29 is 4.79 Å². The molecule has 1 N–H and O–H groups in total. The van der Waals surface area contributed by atoms with Crippen molar-refractivity contribution in [2.75, 3.05) is 11.4 Å². The molecule has 0 unspecified atom stereocenters. The Morgan fingerprint density at radius 3 is 2.76 bits per heavy atom. The Hall–Kier alpha value is -2.07. The summed E-state index contributed by atoms with van der Waals surface area (Å²) in [4.78, 5) is 14.5. The molecule has 0 saturated carbocycles. The molecule has 2 aromatic rings. The van der Waals surface area contributed by atoms with Crippen molar-refractivity contribution in [2.24, 2.45) is 0 Å². The number of hydrogen-bond donors (Lipinski definition) is 1. The monoisotopic (exact) mass is 396 g/mol. The van der Waals surface area contributed by atoms with Gasteiger partial charge in [-0.05, 0) is 42.3 Å². The number of fused-ring (bicyclic) bond motifs is 3. The van der Waals surface area contributed by atoms with E-state index in [2.05, 4.69) is 89.4 Å². The van der Waals surface area contributed by atoms with E-state index >= 15 is 0 Å². The van der Waals surface area contributed by atoms with Gasteiger partial charge in [0.1, 0.15) is 5.66 Å². The standard InChI is InChI=1S/C21H21BrN2O/c1-14-7-8-18-17(11-14)20(2,3)21(23-19(25)13-24(18)21)10-9-15-5-4-6-16(22)12-15/h4-12H,13H2,1-3H3,(H,23,25)/t21-/m0/s1. The molecule has 0 radical (unpaired) electrons. The molecule has 0 aromatic heterocycles. The summed E-state index contributed by atoms with van der Waals surface area (Å²) in [5.41, 5.74) is 4.00. The summed E-state index contributed by atoms with van der Waals surface area (Å²) in [6.45, 7) is 6.93.